The van der Waals surface area contributed by atoms with E-state index in [0.717, 1.165) is 32.4 Å². The molecule has 1 saturated heterocycles. The van der Waals surface area contributed by atoms with Crippen molar-refractivity contribution in [2.75, 3.05) is 19.7 Å². The highest BCUT2D eigenvalue weighted by Gasteiger charge is 2.26. The van der Waals surface area contributed by atoms with E-state index in [-0.39, 0.29) is 5.41 Å². The van der Waals surface area contributed by atoms with Gasteiger partial charge in [-0.15, -0.1) is 0 Å². The van der Waals surface area contributed by atoms with Crippen LogP contribution in [0.5, 0.6) is 0 Å². The SMILES string of the molecule is CC(C)(C#N)CCN1CCCC1CCCO. The van der Waals surface area contributed by atoms with E-state index in [2.05, 4.69) is 11.0 Å². The number of aliphatic hydroxyl groups excluding tert-OH is 1. The predicted octanol–water partition coefficient (Wildman–Crippen LogP) is 2.16. The van der Waals surface area contributed by atoms with E-state index in [1.165, 1.54) is 12.8 Å². The van der Waals surface area contributed by atoms with Crippen LogP contribution in [0, 0.1) is 16.7 Å². The van der Waals surface area contributed by atoms with Crippen molar-refractivity contribution in [1.29, 1.82) is 5.26 Å². The Labute approximate surface area is 99.1 Å². The highest BCUT2D eigenvalue weighted by Crippen LogP contribution is 2.25. The second-order valence-electron chi connectivity index (χ2n) is 5.44. The molecular formula is C13H24N2O. The van der Waals surface area contributed by atoms with Gasteiger partial charge in [-0.05, 0) is 59.0 Å². The van der Waals surface area contributed by atoms with Gasteiger partial charge in [0.1, 0.15) is 0 Å². The maximum absolute atomic E-state index is 8.97. The average Bonchev–Trinajstić information content (AvgIpc) is 2.71. The van der Waals surface area contributed by atoms with E-state index < -0.39 is 0 Å². The summed E-state index contributed by atoms with van der Waals surface area (Å²) in [5.41, 5.74) is -0.204. The molecule has 1 aliphatic rings. The molecule has 3 nitrogen and oxygen atoms in total. The smallest absolute Gasteiger partial charge is 0.0684 e. The first-order valence-corrected chi connectivity index (χ1v) is 6.35. The normalized spacial score (nSPS) is 22.2. The minimum Gasteiger partial charge on any atom is -0.396 e. The van der Waals surface area contributed by atoms with Gasteiger partial charge in [-0.2, -0.15) is 5.26 Å². The fraction of sp³-hybridized carbons (Fsp3) is 0.923. The average molecular weight is 224 g/mol. The first kappa shape index (κ1) is 13.5. The van der Waals surface area contributed by atoms with Gasteiger partial charge >= 0.3 is 0 Å². The summed E-state index contributed by atoms with van der Waals surface area (Å²) >= 11 is 0. The van der Waals surface area contributed by atoms with Crippen LogP contribution < -0.4 is 0 Å². The van der Waals surface area contributed by atoms with Gasteiger partial charge in [0, 0.05) is 12.6 Å². The van der Waals surface area contributed by atoms with Gasteiger partial charge in [-0.3, -0.25) is 0 Å². The standard InChI is InChI=1S/C13H24N2O/c1-13(2,11-14)7-9-15-8-3-5-12(15)6-4-10-16/h12,16H,3-10H2,1-2H3. The summed E-state index contributed by atoms with van der Waals surface area (Å²) in [6.45, 7) is 6.50. The number of hydrogen-bond acceptors (Lipinski definition) is 3. The maximum atomic E-state index is 8.97. The Hall–Kier alpha value is -0.590. The molecule has 0 amide bonds. The Bertz CT molecular complexity index is 245. The molecule has 1 N–H and O–H groups in total. The van der Waals surface area contributed by atoms with E-state index in [1.54, 1.807) is 0 Å². The van der Waals surface area contributed by atoms with Crippen molar-refractivity contribution >= 4 is 0 Å². The summed E-state index contributed by atoms with van der Waals surface area (Å²) in [6, 6.07) is 3.00. The van der Waals surface area contributed by atoms with Crippen molar-refractivity contribution in [1.82, 2.24) is 4.90 Å². The van der Waals surface area contributed by atoms with Crippen molar-refractivity contribution < 1.29 is 5.11 Å². The number of nitrogens with zero attached hydrogens (tertiary/aromatic N) is 2. The van der Waals surface area contributed by atoms with E-state index in [1.807, 2.05) is 13.8 Å². The first-order chi connectivity index (χ1) is 7.59. The molecule has 1 heterocycles. The highest BCUT2D eigenvalue weighted by atomic mass is 16.2. The topological polar surface area (TPSA) is 47.3 Å². The van der Waals surface area contributed by atoms with Crippen LogP contribution in [-0.2, 0) is 0 Å². The molecule has 1 unspecified atom stereocenters. The van der Waals surface area contributed by atoms with E-state index in [9.17, 15) is 0 Å². The fourth-order valence-electron chi connectivity index (χ4n) is 2.32. The van der Waals surface area contributed by atoms with Crippen LogP contribution in [0.3, 0.4) is 0 Å². The Morgan fingerprint density at radius 2 is 2.25 bits per heavy atom. The van der Waals surface area contributed by atoms with Crippen LogP contribution in [0.2, 0.25) is 0 Å². The molecular weight excluding hydrogens is 200 g/mol. The molecule has 0 aromatic carbocycles. The fourth-order valence-corrected chi connectivity index (χ4v) is 2.32. The van der Waals surface area contributed by atoms with E-state index in [4.69, 9.17) is 10.4 Å². The number of hydrogen-bond donors (Lipinski definition) is 1. The number of nitriles is 1. The maximum Gasteiger partial charge on any atom is 0.0684 e. The van der Waals surface area contributed by atoms with Crippen molar-refractivity contribution in [2.45, 2.75) is 52.0 Å². The summed E-state index contributed by atoms with van der Waals surface area (Å²) in [5, 5.41) is 17.8. The van der Waals surface area contributed by atoms with Crippen LogP contribution >= 0.6 is 0 Å². The zero-order valence-electron chi connectivity index (χ0n) is 10.6. The molecule has 1 atom stereocenters. The van der Waals surface area contributed by atoms with Crippen molar-refractivity contribution in [3.05, 3.63) is 0 Å². The molecule has 1 aliphatic heterocycles. The lowest BCUT2D eigenvalue weighted by Crippen LogP contribution is -2.32. The van der Waals surface area contributed by atoms with Gasteiger partial charge in [0.05, 0.1) is 11.5 Å². The van der Waals surface area contributed by atoms with Crippen LogP contribution in [0.1, 0.15) is 46.0 Å². The second-order valence-corrected chi connectivity index (χ2v) is 5.44. The number of likely N-dealkylation sites (tertiary alicyclic amines) is 1. The molecule has 0 saturated carbocycles. The molecule has 0 spiro atoms. The molecule has 0 aromatic rings. The van der Waals surface area contributed by atoms with Gasteiger partial charge in [-0.25, -0.2) is 0 Å². The van der Waals surface area contributed by atoms with Crippen LogP contribution in [0.4, 0.5) is 0 Å². The minimum absolute atomic E-state index is 0.204. The van der Waals surface area contributed by atoms with Crippen LogP contribution in [-0.4, -0.2) is 35.7 Å². The van der Waals surface area contributed by atoms with Crippen molar-refractivity contribution in [3.63, 3.8) is 0 Å². The Morgan fingerprint density at radius 1 is 1.50 bits per heavy atom. The third kappa shape index (κ3) is 4.11. The molecule has 1 rings (SSSR count). The summed E-state index contributed by atoms with van der Waals surface area (Å²) < 4.78 is 0. The second kappa shape index (κ2) is 6.22. The van der Waals surface area contributed by atoms with Gasteiger partial charge in [-0.1, -0.05) is 0 Å². The number of rotatable bonds is 6. The third-order valence-corrected chi connectivity index (χ3v) is 3.52. The van der Waals surface area contributed by atoms with Crippen molar-refractivity contribution in [2.24, 2.45) is 5.41 Å². The van der Waals surface area contributed by atoms with Gasteiger partial charge in [0.25, 0.3) is 0 Å². The van der Waals surface area contributed by atoms with E-state index >= 15 is 0 Å². The predicted molar refractivity (Wildman–Crippen MR) is 64.9 cm³/mol. The van der Waals surface area contributed by atoms with E-state index in [0.29, 0.717) is 12.6 Å². The zero-order chi connectivity index (χ0) is 12.0. The zero-order valence-corrected chi connectivity index (χ0v) is 10.6. The lowest BCUT2D eigenvalue weighted by molar-refractivity contribution is 0.199. The molecule has 16 heavy (non-hydrogen) atoms. The summed E-state index contributed by atoms with van der Waals surface area (Å²) in [5.74, 6) is 0. The van der Waals surface area contributed by atoms with Gasteiger partial charge < -0.3 is 10.0 Å². The summed E-state index contributed by atoms with van der Waals surface area (Å²) in [6.07, 6.45) is 5.47. The van der Waals surface area contributed by atoms with Crippen molar-refractivity contribution in [3.8, 4) is 6.07 Å². The minimum atomic E-state index is -0.204. The summed E-state index contributed by atoms with van der Waals surface area (Å²) in [4.78, 5) is 2.49. The lowest BCUT2D eigenvalue weighted by Gasteiger charge is -2.27. The highest BCUT2D eigenvalue weighted by molar-refractivity contribution is 4.93. The third-order valence-electron chi connectivity index (χ3n) is 3.52. The molecule has 0 bridgehead atoms. The van der Waals surface area contributed by atoms with Gasteiger partial charge in [0.15, 0.2) is 0 Å². The molecule has 0 aromatic heterocycles. The molecule has 3 heteroatoms. The Balaban J connectivity index is 2.33. The first-order valence-electron chi connectivity index (χ1n) is 6.35. The monoisotopic (exact) mass is 224 g/mol. The van der Waals surface area contributed by atoms with Crippen LogP contribution in [0.15, 0.2) is 0 Å². The molecule has 1 fully saturated rings. The number of aliphatic hydroxyl groups is 1. The lowest BCUT2D eigenvalue weighted by atomic mass is 9.91. The largest absolute Gasteiger partial charge is 0.396 e. The quantitative estimate of drug-likeness (QED) is 0.752. The molecule has 0 aliphatic carbocycles. The van der Waals surface area contributed by atoms with Gasteiger partial charge in [0.2, 0.25) is 0 Å². The molecule has 92 valence electrons. The Morgan fingerprint density at radius 3 is 2.88 bits per heavy atom. The molecule has 0 radical (unpaired) electrons. The Kier molecular flexibility index (Phi) is 5.24. The summed E-state index contributed by atoms with van der Waals surface area (Å²) in [7, 11) is 0. The van der Waals surface area contributed by atoms with Crippen LogP contribution in [0.25, 0.3) is 0 Å².